The molecule has 2 aromatic rings. The Labute approximate surface area is 152 Å². The van der Waals surface area contributed by atoms with Gasteiger partial charge in [-0.05, 0) is 54.9 Å². The lowest BCUT2D eigenvalue weighted by Crippen LogP contribution is -2.44. The number of nitrogens with one attached hydrogen (secondary N) is 1. The first-order valence-corrected chi connectivity index (χ1v) is 11.2. The van der Waals surface area contributed by atoms with Crippen molar-refractivity contribution in [1.82, 2.24) is 5.09 Å². The van der Waals surface area contributed by atoms with E-state index >= 15 is 0 Å². The molecule has 3 atom stereocenters. The van der Waals surface area contributed by atoms with E-state index in [4.69, 9.17) is 0 Å². The fraction of sp³-hybridized carbons (Fsp3) is 0.455. The maximum atomic E-state index is 14.2. The molecule has 3 heteroatoms. The Morgan fingerprint density at radius 1 is 0.920 bits per heavy atom. The molecule has 0 spiro atoms. The Balaban J connectivity index is 1.99. The van der Waals surface area contributed by atoms with Gasteiger partial charge in [-0.25, -0.2) is 0 Å². The first-order chi connectivity index (χ1) is 12.0. The van der Waals surface area contributed by atoms with Crippen molar-refractivity contribution in [2.75, 3.05) is 0 Å². The van der Waals surface area contributed by atoms with Crippen LogP contribution in [0.5, 0.6) is 0 Å². The van der Waals surface area contributed by atoms with Crippen LogP contribution in [0.2, 0.25) is 0 Å². The molecule has 25 heavy (non-hydrogen) atoms. The highest BCUT2D eigenvalue weighted by Gasteiger charge is 2.37. The predicted molar refractivity (Wildman–Crippen MR) is 108 cm³/mol. The van der Waals surface area contributed by atoms with Gasteiger partial charge in [-0.3, -0.25) is 9.65 Å². The van der Waals surface area contributed by atoms with E-state index in [1.54, 1.807) is 0 Å². The molecule has 1 aliphatic carbocycles. The number of hydrogen-bond acceptors (Lipinski definition) is 1. The molecule has 1 N–H and O–H groups in total. The summed E-state index contributed by atoms with van der Waals surface area (Å²) >= 11 is 0. The molecule has 2 nitrogen and oxygen atoms in total. The summed E-state index contributed by atoms with van der Waals surface area (Å²) in [6.07, 6.45) is 3.61. The topological polar surface area (TPSA) is 29.1 Å². The second kappa shape index (κ2) is 7.89. The molecule has 0 aromatic heterocycles. The summed E-state index contributed by atoms with van der Waals surface area (Å²) in [5, 5.41) is 5.49. The lowest BCUT2D eigenvalue weighted by molar-refractivity contribution is 0.188. The zero-order valence-corrected chi connectivity index (χ0v) is 16.5. The molecule has 0 saturated heterocycles. The van der Waals surface area contributed by atoms with Gasteiger partial charge in [-0.15, -0.1) is 0 Å². The third-order valence-corrected chi connectivity index (χ3v) is 8.36. The van der Waals surface area contributed by atoms with Crippen LogP contribution < -0.4 is 15.7 Å². The zero-order chi connectivity index (χ0) is 17.9. The molecule has 0 amide bonds. The van der Waals surface area contributed by atoms with E-state index in [0.717, 1.165) is 17.0 Å². The number of rotatable bonds is 5. The van der Waals surface area contributed by atoms with Gasteiger partial charge in [0.25, 0.3) is 0 Å². The fourth-order valence-electron chi connectivity index (χ4n) is 4.16. The van der Waals surface area contributed by atoms with Crippen molar-refractivity contribution in [1.29, 1.82) is 0 Å². The van der Waals surface area contributed by atoms with Gasteiger partial charge in [0.2, 0.25) is 7.29 Å². The van der Waals surface area contributed by atoms with Gasteiger partial charge in [-0.2, -0.15) is 0 Å². The highest BCUT2D eigenvalue weighted by atomic mass is 31.2. The van der Waals surface area contributed by atoms with E-state index in [1.807, 2.05) is 60.7 Å². The fourth-order valence-corrected chi connectivity index (χ4v) is 6.70. The lowest BCUT2D eigenvalue weighted by atomic mass is 9.74. The molecule has 134 valence electrons. The Bertz CT molecular complexity index is 670. The van der Waals surface area contributed by atoms with Crippen molar-refractivity contribution < 1.29 is 4.57 Å². The maximum absolute atomic E-state index is 14.2. The minimum Gasteiger partial charge on any atom is -0.297 e. The standard InChI is InChI=1S/C22H30NOP/c1-17(2)21-15-14-18(3)16-22(21)23-25(24,19-10-6-4-7-11-19)20-12-8-5-9-13-20/h4-13,17-18,21-22H,14-16H2,1-3H3,(H,23,24)/t18-,21+,22+/m0/s1. The van der Waals surface area contributed by atoms with E-state index in [0.29, 0.717) is 23.8 Å². The molecule has 0 radical (unpaired) electrons. The summed E-state index contributed by atoms with van der Waals surface area (Å²) in [7, 11) is -2.85. The van der Waals surface area contributed by atoms with E-state index in [-0.39, 0.29) is 0 Å². The van der Waals surface area contributed by atoms with E-state index in [2.05, 4.69) is 25.9 Å². The molecule has 2 aromatic carbocycles. The van der Waals surface area contributed by atoms with Crippen LogP contribution in [0.1, 0.15) is 40.0 Å². The summed E-state index contributed by atoms with van der Waals surface area (Å²) in [6, 6.07) is 20.2. The maximum Gasteiger partial charge on any atom is 0.204 e. The van der Waals surface area contributed by atoms with Crippen LogP contribution in [0.15, 0.2) is 60.7 Å². The van der Waals surface area contributed by atoms with Crippen molar-refractivity contribution in [3.05, 3.63) is 60.7 Å². The van der Waals surface area contributed by atoms with Crippen LogP contribution in [-0.4, -0.2) is 6.04 Å². The molecule has 3 rings (SSSR count). The highest BCUT2D eigenvalue weighted by Crippen LogP contribution is 2.44. The Morgan fingerprint density at radius 2 is 1.44 bits per heavy atom. The molecular formula is C22H30NOP. The van der Waals surface area contributed by atoms with Crippen molar-refractivity contribution in [3.8, 4) is 0 Å². The predicted octanol–water partition coefficient (Wildman–Crippen LogP) is 4.97. The van der Waals surface area contributed by atoms with Gasteiger partial charge in [0.05, 0.1) is 0 Å². The minimum atomic E-state index is -2.85. The van der Waals surface area contributed by atoms with Crippen LogP contribution in [0.3, 0.4) is 0 Å². The number of hydrogen-bond donors (Lipinski definition) is 1. The Hall–Kier alpha value is -1.37. The molecule has 0 bridgehead atoms. The minimum absolute atomic E-state index is 0.301. The van der Waals surface area contributed by atoms with Gasteiger partial charge in [0.15, 0.2) is 0 Å². The van der Waals surface area contributed by atoms with Crippen molar-refractivity contribution in [2.24, 2.45) is 17.8 Å². The Kier molecular flexibility index (Phi) is 5.81. The largest absolute Gasteiger partial charge is 0.297 e. The molecule has 0 aliphatic heterocycles. The van der Waals surface area contributed by atoms with Crippen molar-refractivity contribution in [2.45, 2.75) is 46.1 Å². The van der Waals surface area contributed by atoms with Crippen LogP contribution in [-0.2, 0) is 4.57 Å². The van der Waals surface area contributed by atoms with Gasteiger partial charge in [0, 0.05) is 16.7 Å². The van der Waals surface area contributed by atoms with Gasteiger partial charge in [-0.1, -0.05) is 63.6 Å². The second-order valence-corrected chi connectivity index (χ2v) is 10.4. The SMILES string of the molecule is CC(C)[C@H]1CC[C@H](C)C[C@H]1NP(=O)(c1ccccc1)c1ccccc1. The molecule has 1 saturated carbocycles. The summed E-state index contributed by atoms with van der Waals surface area (Å²) in [5.41, 5.74) is 0. The lowest BCUT2D eigenvalue weighted by Gasteiger charge is -2.40. The van der Waals surface area contributed by atoms with Gasteiger partial charge < -0.3 is 0 Å². The molecule has 0 heterocycles. The quantitative estimate of drug-likeness (QED) is 0.768. The van der Waals surface area contributed by atoms with Crippen LogP contribution in [0.25, 0.3) is 0 Å². The summed E-state index contributed by atoms with van der Waals surface area (Å²) < 4.78 is 14.2. The zero-order valence-electron chi connectivity index (χ0n) is 15.6. The van der Waals surface area contributed by atoms with Crippen LogP contribution >= 0.6 is 7.29 Å². The molecular weight excluding hydrogens is 325 g/mol. The smallest absolute Gasteiger partial charge is 0.204 e. The molecule has 0 unspecified atom stereocenters. The molecule has 1 fully saturated rings. The monoisotopic (exact) mass is 355 g/mol. The van der Waals surface area contributed by atoms with Crippen LogP contribution in [0, 0.1) is 17.8 Å². The summed E-state index contributed by atoms with van der Waals surface area (Å²) in [6.45, 7) is 6.91. The van der Waals surface area contributed by atoms with Crippen LogP contribution in [0.4, 0.5) is 0 Å². The second-order valence-electron chi connectivity index (χ2n) is 7.84. The third kappa shape index (κ3) is 4.07. The normalized spacial score (nSPS) is 24.4. The summed E-state index contributed by atoms with van der Waals surface area (Å²) in [5.74, 6) is 1.87. The van der Waals surface area contributed by atoms with Crippen molar-refractivity contribution in [3.63, 3.8) is 0 Å². The van der Waals surface area contributed by atoms with Gasteiger partial charge in [0.1, 0.15) is 0 Å². The first-order valence-electron chi connectivity index (χ1n) is 9.50. The van der Waals surface area contributed by atoms with Crippen molar-refractivity contribution >= 4 is 17.9 Å². The van der Waals surface area contributed by atoms with E-state index in [1.165, 1.54) is 12.8 Å². The van der Waals surface area contributed by atoms with E-state index < -0.39 is 7.29 Å². The molecule has 1 aliphatic rings. The van der Waals surface area contributed by atoms with Gasteiger partial charge >= 0.3 is 0 Å². The highest BCUT2D eigenvalue weighted by molar-refractivity contribution is 7.76. The summed E-state index contributed by atoms with van der Waals surface area (Å²) in [4.78, 5) is 0. The first kappa shape index (κ1) is 18.4. The average molecular weight is 355 g/mol. The number of benzene rings is 2. The van der Waals surface area contributed by atoms with E-state index in [9.17, 15) is 4.57 Å². The Morgan fingerprint density at radius 3 is 1.92 bits per heavy atom. The third-order valence-electron chi connectivity index (χ3n) is 5.61. The average Bonchev–Trinajstić information content (AvgIpc) is 2.63.